The summed E-state index contributed by atoms with van der Waals surface area (Å²) in [5.74, 6) is 2.30. The third-order valence-electron chi connectivity index (χ3n) is 2.67. The molecule has 6 nitrogen and oxygen atoms in total. The van der Waals surface area contributed by atoms with E-state index in [1.807, 2.05) is 0 Å². The molecule has 0 fully saturated rings. The molecule has 0 saturated carbocycles. The summed E-state index contributed by atoms with van der Waals surface area (Å²) < 4.78 is 10.5. The van der Waals surface area contributed by atoms with E-state index in [0.29, 0.717) is 33.8 Å². The van der Waals surface area contributed by atoms with Crippen molar-refractivity contribution in [3.8, 4) is 11.5 Å². The molecule has 0 saturated heterocycles. The van der Waals surface area contributed by atoms with Gasteiger partial charge in [0.05, 0.1) is 24.9 Å². The van der Waals surface area contributed by atoms with Gasteiger partial charge in [-0.15, -0.1) is 0 Å². The average Bonchev–Trinajstić information content (AvgIpc) is 2.49. The maximum atomic E-state index is 6.15. The Hall–Kier alpha value is -2.21. The number of rotatable bonds is 5. The maximum absolute atomic E-state index is 6.15. The van der Waals surface area contributed by atoms with E-state index >= 15 is 0 Å². The Morgan fingerprint density at radius 1 is 1.10 bits per heavy atom. The molecular weight excluding hydrogens is 280 g/mol. The number of benzene rings is 1. The highest BCUT2D eigenvalue weighted by Gasteiger charge is 2.12. The lowest BCUT2D eigenvalue weighted by Crippen LogP contribution is -2.03. The third-order valence-corrected chi connectivity index (χ3v) is 3.00. The number of methoxy groups -OCH3 is 2. The second-order valence-corrected chi connectivity index (χ2v) is 4.23. The van der Waals surface area contributed by atoms with Crippen LogP contribution in [0.5, 0.6) is 11.5 Å². The molecule has 0 radical (unpaired) electrons. The number of nitrogens with zero attached hydrogens (tertiary/aromatic N) is 2. The molecule has 1 heterocycles. The Bertz CT molecular complexity index is 607. The first kappa shape index (κ1) is 14.2. The molecule has 2 aromatic rings. The van der Waals surface area contributed by atoms with Crippen LogP contribution in [0.4, 0.5) is 17.3 Å². The van der Waals surface area contributed by atoms with Crippen molar-refractivity contribution in [1.29, 1.82) is 0 Å². The van der Waals surface area contributed by atoms with Crippen LogP contribution in [0.3, 0.4) is 0 Å². The van der Waals surface area contributed by atoms with E-state index in [9.17, 15) is 0 Å². The van der Waals surface area contributed by atoms with Gasteiger partial charge in [0.2, 0.25) is 5.75 Å². The Morgan fingerprint density at radius 3 is 2.50 bits per heavy atom. The van der Waals surface area contributed by atoms with E-state index < -0.39 is 0 Å². The minimum absolute atomic E-state index is 0.508. The van der Waals surface area contributed by atoms with Crippen molar-refractivity contribution in [1.82, 2.24) is 9.97 Å². The van der Waals surface area contributed by atoms with Crippen LogP contribution in [0.25, 0.3) is 0 Å². The summed E-state index contributed by atoms with van der Waals surface area (Å²) in [5.41, 5.74) is 0.671. The number of aromatic nitrogens is 2. The van der Waals surface area contributed by atoms with E-state index in [1.165, 1.54) is 6.33 Å². The summed E-state index contributed by atoms with van der Waals surface area (Å²) in [6.07, 6.45) is 1.44. The van der Waals surface area contributed by atoms with Crippen molar-refractivity contribution in [2.75, 3.05) is 31.9 Å². The molecule has 1 aromatic carbocycles. The van der Waals surface area contributed by atoms with Gasteiger partial charge in [0.15, 0.2) is 11.6 Å². The fourth-order valence-corrected chi connectivity index (χ4v) is 1.85. The third kappa shape index (κ3) is 2.85. The van der Waals surface area contributed by atoms with Crippen LogP contribution >= 0.6 is 11.6 Å². The average molecular weight is 295 g/mol. The normalized spacial score (nSPS) is 10.0. The van der Waals surface area contributed by atoms with Gasteiger partial charge in [0, 0.05) is 13.1 Å². The van der Waals surface area contributed by atoms with Gasteiger partial charge in [-0.3, -0.25) is 0 Å². The first-order valence-corrected chi connectivity index (χ1v) is 6.24. The van der Waals surface area contributed by atoms with Gasteiger partial charge >= 0.3 is 0 Å². The van der Waals surface area contributed by atoms with Crippen LogP contribution in [-0.4, -0.2) is 31.2 Å². The number of nitrogens with one attached hydrogen (secondary N) is 2. The van der Waals surface area contributed by atoms with Gasteiger partial charge in [-0.1, -0.05) is 11.6 Å². The first-order valence-electron chi connectivity index (χ1n) is 5.87. The molecule has 0 aliphatic heterocycles. The highest BCUT2D eigenvalue weighted by Crippen LogP contribution is 2.34. The number of hydrogen-bond donors (Lipinski definition) is 2. The van der Waals surface area contributed by atoms with Gasteiger partial charge in [0.25, 0.3) is 0 Å². The Balaban J connectivity index is 2.39. The van der Waals surface area contributed by atoms with Gasteiger partial charge in [-0.05, 0) is 12.1 Å². The minimum atomic E-state index is 0.508. The van der Waals surface area contributed by atoms with Crippen LogP contribution < -0.4 is 20.1 Å². The topological polar surface area (TPSA) is 68.3 Å². The molecule has 0 bridgehead atoms. The Morgan fingerprint density at radius 2 is 1.85 bits per heavy atom. The van der Waals surface area contributed by atoms with Gasteiger partial charge in [0.1, 0.15) is 12.1 Å². The monoisotopic (exact) mass is 294 g/mol. The SMILES string of the molecule is CNc1ncnc(Nc2cc(OC)ccc2Cl)c1OC. The van der Waals surface area contributed by atoms with E-state index in [1.54, 1.807) is 39.5 Å². The molecule has 0 spiro atoms. The van der Waals surface area contributed by atoms with E-state index in [-0.39, 0.29) is 0 Å². The molecule has 0 unspecified atom stereocenters. The standard InChI is InChI=1S/C13H15ClN4O2/c1-15-12-11(20-3)13(17-7-16-12)18-10-6-8(19-2)4-5-9(10)14/h4-7H,1-3H3,(H2,15,16,17,18). The van der Waals surface area contributed by atoms with Crippen molar-refractivity contribution in [3.05, 3.63) is 29.5 Å². The molecule has 7 heteroatoms. The van der Waals surface area contributed by atoms with Crippen molar-refractivity contribution in [2.24, 2.45) is 0 Å². The Labute approximate surface area is 122 Å². The highest BCUT2D eigenvalue weighted by atomic mass is 35.5. The van der Waals surface area contributed by atoms with Crippen molar-refractivity contribution in [2.45, 2.75) is 0 Å². The lowest BCUT2D eigenvalue weighted by atomic mass is 10.3. The molecular formula is C13H15ClN4O2. The minimum Gasteiger partial charge on any atom is -0.497 e. The number of anilines is 3. The number of hydrogen-bond acceptors (Lipinski definition) is 6. The summed E-state index contributed by atoms with van der Waals surface area (Å²) in [5, 5.41) is 6.60. The lowest BCUT2D eigenvalue weighted by Gasteiger charge is -2.14. The van der Waals surface area contributed by atoms with Gasteiger partial charge in [-0.25, -0.2) is 9.97 Å². The molecule has 106 valence electrons. The summed E-state index contributed by atoms with van der Waals surface area (Å²) >= 11 is 6.15. The quantitative estimate of drug-likeness (QED) is 0.884. The molecule has 0 atom stereocenters. The van der Waals surface area contributed by atoms with E-state index in [0.717, 1.165) is 0 Å². The van der Waals surface area contributed by atoms with Crippen molar-refractivity contribution in [3.63, 3.8) is 0 Å². The molecule has 0 aliphatic rings. The van der Waals surface area contributed by atoms with Crippen molar-refractivity contribution < 1.29 is 9.47 Å². The predicted molar refractivity (Wildman–Crippen MR) is 79.4 cm³/mol. The van der Waals surface area contributed by atoms with E-state index in [2.05, 4.69) is 20.6 Å². The lowest BCUT2D eigenvalue weighted by molar-refractivity contribution is 0.414. The second kappa shape index (κ2) is 6.29. The number of halogens is 1. The predicted octanol–water partition coefficient (Wildman–Crippen LogP) is 2.93. The number of ether oxygens (including phenoxy) is 2. The summed E-state index contributed by atoms with van der Waals surface area (Å²) in [7, 11) is 4.91. The van der Waals surface area contributed by atoms with Crippen molar-refractivity contribution >= 4 is 28.9 Å². The Kier molecular flexibility index (Phi) is 4.47. The van der Waals surface area contributed by atoms with Crippen LogP contribution in [0, 0.1) is 0 Å². The van der Waals surface area contributed by atoms with Crippen LogP contribution in [0.2, 0.25) is 5.02 Å². The van der Waals surface area contributed by atoms with Crippen LogP contribution in [-0.2, 0) is 0 Å². The molecule has 2 N–H and O–H groups in total. The fourth-order valence-electron chi connectivity index (χ4n) is 1.69. The summed E-state index contributed by atoms with van der Waals surface area (Å²) in [6, 6.07) is 5.31. The fraction of sp³-hybridized carbons (Fsp3) is 0.231. The van der Waals surface area contributed by atoms with Gasteiger partial charge < -0.3 is 20.1 Å². The zero-order valence-electron chi connectivity index (χ0n) is 11.4. The largest absolute Gasteiger partial charge is 0.497 e. The smallest absolute Gasteiger partial charge is 0.204 e. The molecule has 0 aliphatic carbocycles. The van der Waals surface area contributed by atoms with Gasteiger partial charge in [-0.2, -0.15) is 0 Å². The summed E-state index contributed by atoms with van der Waals surface area (Å²) in [6.45, 7) is 0. The molecule has 20 heavy (non-hydrogen) atoms. The second-order valence-electron chi connectivity index (χ2n) is 3.82. The first-order chi connectivity index (χ1) is 9.69. The maximum Gasteiger partial charge on any atom is 0.204 e. The summed E-state index contributed by atoms with van der Waals surface area (Å²) in [4.78, 5) is 8.24. The van der Waals surface area contributed by atoms with Crippen LogP contribution in [0.1, 0.15) is 0 Å². The zero-order chi connectivity index (χ0) is 14.5. The molecule has 0 amide bonds. The molecule has 1 aromatic heterocycles. The highest BCUT2D eigenvalue weighted by molar-refractivity contribution is 6.33. The van der Waals surface area contributed by atoms with E-state index in [4.69, 9.17) is 21.1 Å². The zero-order valence-corrected chi connectivity index (χ0v) is 12.2. The van der Waals surface area contributed by atoms with Crippen LogP contribution in [0.15, 0.2) is 24.5 Å². The molecule has 2 rings (SSSR count).